The first-order chi connectivity index (χ1) is 25.0. The Morgan fingerprint density at radius 2 is 0.981 bits per heavy atom. The van der Waals surface area contributed by atoms with Gasteiger partial charge in [0.2, 0.25) is 20.0 Å². The van der Waals surface area contributed by atoms with Crippen molar-refractivity contribution in [2.45, 2.75) is 73.4 Å². The van der Waals surface area contributed by atoms with Crippen LogP contribution in [-0.2, 0) is 30.4 Å². The van der Waals surface area contributed by atoms with E-state index in [1.54, 1.807) is 59.9 Å². The fraction of sp³-hybridized carbons (Fsp3) is 0.302. The maximum Gasteiger partial charge on any atom is 0.243 e. The van der Waals surface area contributed by atoms with Crippen LogP contribution >= 0.6 is 0 Å². The average Bonchev–Trinajstić information content (AvgIpc) is 3.17. The lowest BCUT2D eigenvalue weighted by atomic mass is 9.80. The summed E-state index contributed by atoms with van der Waals surface area (Å²) in [5.74, 6) is 0. The first-order valence-corrected chi connectivity index (χ1v) is 20.9. The van der Waals surface area contributed by atoms with E-state index in [-0.39, 0.29) is 22.9 Å². The molecule has 9 heteroatoms. The standard InChI is InChI=1S/C43H48N2O5S2/c1-34-24-28-39(29-25-34)51(46,47)44(3)41-22-13-14-23-42(41)45(52(48,49)40-30-26-35(2)27-31-40)32-15-33-50-43(36-16-7-4-8-17-36,37-18-9-5-10-19-37)38-20-11-6-12-21-38/h4-12,16-21,24-31,41-42H,13-15,22-23,32-33H2,1-3H3/t41-,42-/m1/s1. The van der Waals surface area contributed by atoms with Crippen LogP contribution in [0.5, 0.6) is 0 Å². The maximum atomic E-state index is 14.6. The van der Waals surface area contributed by atoms with Crippen LogP contribution in [-0.4, -0.2) is 57.7 Å². The topological polar surface area (TPSA) is 84.0 Å². The van der Waals surface area contributed by atoms with Gasteiger partial charge < -0.3 is 4.74 Å². The van der Waals surface area contributed by atoms with Crippen LogP contribution in [0, 0.1) is 13.8 Å². The summed E-state index contributed by atoms with van der Waals surface area (Å²) in [6.45, 7) is 4.24. The quantitative estimate of drug-likeness (QED) is 0.0846. The third-order valence-electron chi connectivity index (χ3n) is 10.2. The summed E-state index contributed by atoms with van der Waals surface area (Å²) in [5.41, 5.74) is 3.87. The van der Waals surface area contributed by atoms with Gasteiger partial charge in [-0.25, -0.2) is 16.8 Å². The molecule has 1 aliphatic carbocycles. The molecule has 1 aliphatic rings. The van der Waals surface area contributed by atoms with E-state index in [4.69, 9.17) is 4.74 Å². The van der Waals surface area contributed by atoms with E-state index in [9.17, 15) is 16.8 Å². The van der Waals surface area contributed by atoms with E-state index in [2.05, 4.69) is 36.4 Å². The van der Waals surface area contributed by atoms with Crippen molar-refractivity contribution in [2.24, 2.45) is 0 Å². The number of benzene rings is 5. The molecule has 2 atom stereocenters. The third kappa shape index (κ3) is 7.80. The fourth-order valence-electron chi connectivity index (χ4n) is 7.43. The number of nitrogens with zero attached hydrogens (tertiary/aromatic N) is 2. The monoisotopic (exact) mass is 736 g/mol. The summed E-state index contributed by atoms with van der Waals surface area (Å²) in [4.78, 5) is 0.393. The van der Waals surface area contributed by atoms with Crippen LogP contribution in [0.3, 0.4) is 0 Å². The molecule has 0 amide bonds. The van der Waals surface area contributed by atoms with Crippen LogP contribution in [0.4, 0.5) is 0 Å². The Hall–Kier alpha value is -4.12. The Balaban J connectivity index is 1.35. The number of ether oxygens (including phenoxy) is 1. The van der Waals surface area contributed by atoms with Crippen molar-refractivity contribution < 1.29 is 21.6 Å². The zero-order valence-electron chi connectivity index (χ0n) is 30.1. The predicted molar refractivity (Wildman–Crippen MR) is 207 cm³/mol. The van der Waals surface area contributed by atoms with E-state index >= 15 is 0 Å². The van der Waals surface area contributed by atoms with Crippen molar-refractivity contribution in [1.82, 2.24) is 8.61 Å². The van der Waals surface area contributed by atoms with Crippen molar-refractivity contribution in [3.8, 4) is 0 Å². The number of likely N-dealkylation sites (N-methyl/N-ethyl adjacent to an activating group) is 1. The van der Waals surface area contributed by atoms with Crippen molar-refractivity contribution in [2.75, 3.05) is 20.2 Å². The van der Waals surface area contributed by atoms with Gasteiger partial charge in [0, 0.05) is 32.3 Å². The molecular weight excluding hydrogens is 689 g/mol. The molecule has 0 aromatic heterocycles. The van der Waals surface area contributed by atoms with Gasteiger partial charge >= 0.3 is 0 Å². The minimum atomic E-state index is -4.02. The molecule has 5 aromatic carbocycles. The summed E-state index contributed by atoms with van der Waals surface area (Å²) < 4.78 is 67.2. The number of hydrogen-bond donors (Lipinski definition) is 0. The molecule has 0 heterocycles. The molecule has 7 nitrogen and oxygen atoms in total. The fourth-order valence-corrected chi connectivity index (χ4v) is 10.6. The van der Waals surface area contributed by atoms with Gasteiger partial charge in [0.25, 0.3) is 0 Å². The second-order valence-corrected chi connectivity index (χ2v) is 17.6. The van der Waals surface area contributed by atoms with E-state index in [1.165, 1.54) is 4.31 Å². The summed E-state index contributed by atoms with van der Waals surface area (Å²) in [6.07, 6.45) is 3.10. The van der Waals surface area contributed by atoms with E-state index in [1.807, 2.05) is 68.4 Å². The molecule has 0 spiro atoms. The van der Waals surface area contributed by atoms with Gasteiger partial charge in [-0.05, 0) is 74.1 Å². The first kappa shape index (κ1) is 37.6. The van der Waals surface area contributed by atoms with Crippen molar-refractivity contribution in [1.29, 1.82) is 0 Å². The van der Waals surface area contributed by atoms with Crippen LogP contribution in [0.1, 0.15) is 59.9 Å². The Bertz CT molecular complexity index is 2010. The van der Waals surface area contributed by atoms with Gasteiger partial charge in [-0.1, -0.05) is 139 Å². The Kier molecular flexibility index (Phi) is 11.8. The normalized spacial score (nSPS) is 17.0. The highest BCUT2D eigenvalue weighted by molar-refractivity contribution is 7.89. The Morgan fingerprint density at radius 3 is 1.42 bits per heavy atom. The average molecular weight is 737 g/mol. The van der Waals surface area contributed by atoms with Crippen molar-refractivity contribution >= 4 is 20.0 Å². The molecule has 1 fully saturated rings. The number of hydrogen-bond acceptors (Lipinski definition) is 5. The van der Waals surface area contributed by atoms with Crippen molar-refractivity contribution in [3.63, 3.8) is 0 Å². The Morgan fingerprint density at radius 1 is 0.577 bits per heavy atom. The SMILES string of the molecule is Cc1ccc(S(=O)(=O)N(C)[C@@H]2CCCC[C@H]2N(CCCOC(c2ccccc2)(c2ccccc2)c2ccccc2)S(=O)(=O)c2ccc(C)cc2)cc1. The van der Waals surface area contributed by atoms with Crippen molar-refractivity contribution in [3.05, 3.63) is 167 Å². The summed E-state index contributed by atoms with van der Waals surface area (Å²) in [5, 5.41) is 0. The van der Waals surface area contributed by atoms with E-state index in [0.29, 0.717) is 19.3 Å². The molecule has 5 aromatic rings. The van der Waals surface area contributed by atoms with Gasteiger partial charge in [0.1, 0.15) is 5.60 Å². The van der Waals surface area contributed by atoms with Gasteiger partial charge in [-0.15, -0.1) is 0 Å². The second kappa shape index (κ2) is 16.3. The largest absolute Gasteiger partial charge is 0.361 e. The first-order valence-electron chi connectivity index (χ1n) is 18.0. The Labute approximate surface area is 310 Å². The molecule has 272 valence electrons. The molecule has 0 N–H and O–H groups in total. The minimum Gasteiger partial charge on any atom is -0.361 e. The van der Waals surface area contributed by atoms with Gasteiger partial charge in [0.05, 0.1) is 9.79 Å². The molecule has 6 rings (SSSR count). The van der Waals surface area contributed by atoms with Crippen LogP contribution < -0.4 is 0 Å². The lowest BCUT2D eigenvalue weighted by Crippen LogP contribution is -2.55. The summed E-state index contributed by atoms with van der Waals surface area (Å²) in [7, 11) is -6.31. The van der Waals surface area contributed by atoms with Crippen LogP contribution in [0.25, 0.3) is 0 Å². The third-order valence-corrected chi connectivity index (χ3v) is 14.1. The number of aryl methyl sites for hydroxylation is 2. The highest BCUT2D eigenvalue weighted by Gasteiger charge is 2.43. The smallest absolute Gasteiger partial charge is 0.243 e. The molecule has 0 saturated heterocycles. The maximum absolute atomic E-state index is 14.6. The molecule has 0 bridgehead atoms. The highest BCUT2D eigenvalue weighted by atomic mass is 32.2. The molecule has 52 heavy (non-hydrogen) atoms. The molecule has 0 unspecified atom stereocenters. The van der Waals surface area contributed by atoms with Crippen LogP contribution in [0.15, 0.2) is 149 Å². The second-order valence-electron chi connectivity index (χ2n) is 13.7. The number of sulfonamides is 2. The lowest BCUT2D eigenvalue weighted by molar-refractivity contribution is 0.00829. The molecule has 0 radical (unpaired) electrons. The summed E-state index contributed by atoms with van der Waals surface area (Å²) in [6, 6.07) is 42.9. The van der Waals surface area contributed by atoms with E-state index in [0.717, 1.165) is 40.7 Å². The van der Waals surface area contributed by atoms with Gasteiger partial charge in [-0.2, -0.15) is 8.61 Å². The highest BCUT2D eigenvalue weighted by Crippen LogP contribution is 2.41. The minimum absolute atomic E-state index is 0.157. The lowest BCUT2D eigenvalue weighted by Gasteiger charge is -2.42. The molecular formula is C43H48N2O5S2. The van der Waals surface area contributed by atoms with E-state index < -0.39 is 37.7 Å². The van der Waals surface area contributed by atoms with Crippen LogP contribution in [0.2, 0.25) is 0 Å². The zero-order valence-corrected chi connectivity index (χ0v) is 31.8. The summed E-state index contributed by atoms with van der Waals surface area (Å²) >= 11 is 0. The number of rotatable bonds is 14. The van der Waals surface area contributed by atoms with Gasteiger partial charge in [-0.3, -0.25) is 0 Å². The van der Waals surface area contributed by atoms with Gasteiger partial charge in [0.15, 0.2) is 0 Å². The zero-order chi connectivity index (χ0) is 36.8. The molecule has 0 aliphatic heterocycles. The molecule has 1 saturated carbocycles. The predicted octanol–water partition coefficient (Wildman–Crippen LogP) is 8.32.